The number of aldehydes is 1. The highest BCUT2D eigenvalue weighted by atomic mass is 32.1. The molecular weight excluding hydrogens is 276 g/mol. The minimum Gasteiger partial charge on any atom is -0.494 e. The number of hydrogen-bond acceptors (Lipinski definition) is 5. The number of fused-ring (bicyclic) bond motifs is 1. The van der Waals surface area contributed by atoms with Crippen LogP contribution in [0, 0.1) is 0 Å². The number of hydrogen-bond donors (Lipinski definition) is 0. The summed E-state index contributed by atoms with van der Waals surface area (Å²) in [4.78, 5) is 16.2. The van der Waals surface area contributed by atoms with Crippen molar-refractivity contribution in [1.82, 2.24) is 9.38 Å². The molecule has 0 aliphatic heterocycles. The zero-order valence-electron chi connectivity index (χ0n) is 10.8. The number of carbonyl (C=O) groups is 1. The van der Waals surface area contributed by atoms with Gasteiger partial charge in [-0.1, -0.05) is 6.07 Å². The third-order valence-electron chi connectivity index (χ3n) is 2.71. The highest BCUT2D eigenvalue weighted by Crippen LogP contribution is 2.28. The summed E-state index contributed by atoms with van der Waals surface area (Å²) in [6, 6.07) is 7.25. The normalized spacial score (nSPS) is 10.7. The Morgan fingerprint density at radius 3 is 3.05 bits per heavy atom. The molecule has 0 N–H and O–H groups in total. The first kappa shape index (κ1) is 12.7. The molecule has 20 heavy (non-hydrogen) atoms. The molecule has 0 saturated carbocycles. The van der Waals surface area contributed by atoms with Gasteiger partial charge in [0, 0.05) is 17.6 Å². The molecule has 3 rings (SSSR count). The van der Waals surface area contributed by atoms with E-state index in [-0.39, 0.29) is 0 Å². The average Bonchev–Trinajstić information content (AvgIpc) is 3.00. The molecule has 0 saturated heterocycles. The van der Waals surface area contributed by atoms with Crippen LogP contribution >= 0.6 is 11.3 Å². The summed E-state index contributed by atoms with van der Waals surface area (Å²) in [5.41, 5.74) is 0.406. The Labute approximate surface area is 119 Å². The number of aromatic nitrogens is 2. The van der Waals surface area contributed by atoms with Crippen LogP contribution in [0.1, 0.15) is 17.4 Å². The Kier molecular flexibility index (Phi) is 3.39. The summed E-state index contributed by atoms with van der Waals surface area (Å²) >= 11 is 1.45. The van der Waals surface area contributed by atoms with Gasteiger partial charge >= 0.3 is 0 Å². The molecular formula is C14H12N2O3S. The van der Waals surface area contributed by atoms with Crippen LogP contribution in [-0.2, 0) is 0 Å². The van der Waals surface area contributed by atoms with Crippen LogP contribution in [0.2, 0.25) is 0 Å². The van der Waals surface area contributed by atoms with Crippen molar-refractivity contribution in [2.75, 3.05) is 6.61 Å². The monoisotopic (exact) mass is 288 g/mol. The quantitative estimate of drug-likeness (QED) is 0.675. The van der Waals surface area contributed by atoms with Gasteiger partial charge < -0.3 is 9.47 Å². The van der Waals surface area contributed by atoms with Gasteiger partial charge in [-0.25, -0.2) is 0 Å². The largest absolute Gasteiger partial charge is 0.494 e. The lowest BCUT2D eigenvalue weighted by atomic mass is 10.3. The standard InChI is InChI=1S/C14H12N2O3S/c1-2-18-10-4-3-5-11(8-10)19-13-12(9-17)16-6-7-20-14(16)15-13/h3-9H,2H2,1H3. The van der Waals surface area contributed by atoms with E-state index < -0.39 is 0 Å². The van der Waals surface area contributed by atoms with Crippen LogP contribution < -0.4 is 9.47 Å². The molecule has 3 aromatic rings. The van der Waals surface area contributed by atoms with Crippen LogP contribution in [0.15, 0.2) is 35.8 Å². The maximum Gasteiger partial charge on any atom is 0.250 e. The molecule has 102 valence electrons. The molecule has 5 nitrogen and oxygen atoms in total. The lowest BCUT2D eigenvalue weighted by molar-refractivity contribution is 0.111. The number of benzene rings is 1. The van der Waals surface area contributed by atoms with Gasteiger partial charge in [0.25, 0.3) is 0 Å². The second kappa shape index (κ2) is 5.34. The number of imidazole rings is 1. The molecule has 0 atom stereocenters. The minimum absolute atomic E-state index is 0.306. The van der Waals surface area contributed by atoms with Gasteiger partial charge in [-0.2, -0.15) is 4.98 Å². The second-order valence-corrected chi connectivity index (χ2v) is 4.86. The van der Waals surface area contributed by atoms with Gasteiger partial charge in [0.2, 0.25) is 5.88 Å². The number of rotatable bonds is 5. The molecule has 0 aliphatic carbocycles. The Bertz CT molecular complexity index is 748. The third kappa shape index (κ3) is 2.25. The van der Waals surface area contributed by atoms with E-state index in [1.165, 1.54) is 11.3 Å². The predicted octanol–water partition coefficient (Wildman–Crippen LogP) is 3.40. The second-order valence-electron chi connectivity index (χ2n) is 3.99. The van der Waals surface area contributed by atoms with Crippen molar-refractivity contribution in [3.05, 3.63) is 41.5 Å². The van der Waals surface area contributed by atoms with Gasteiger partial charge in [0.1, 0.15) is 11.5 Å². The Morgan fingerprint density at radius 1 is 1.40 bits per heavy atom. The Hall–Kier alpha value is -2.34. The van der Waals surface area contributed by atoms with Gasteiger partial charge in [0.15, 0.2) is 16.9 Å². The van der Waals surface area contributed by atoms with Crippen LogP contribution in [0.5, 0.6) is 17.4 Å². The number of nitrogens with zero attached hydrogens (tertiary/aromatic N) is 2. The van der Waals surface area contributed by atoms with E-state index in [9.17, 15) is 4.79 Å². The molecule has 0 amide bonds. The summed E-state index contributed by atoms with van der Waals surface area (Å²) < 4.78 is 12.8. The van der Waals surface area contributed by atoms with E-state index in [4.69, 9.17) is 9.47 Å². The maximum atomic E-state index is 11.2. The Balaban J connectivity index is 1.94. The summed E-state index contributed by atoms with van der Waals surface area (Å²) in [6.07, 6.45) is 2.54. The fourth-order valence-electron chi connectivity index (χ4n) is 1.87. The number of thiazole rings is 1. The van der Waals surface area contributed by atoms with Crippen molar-refractivity contribution >= 4 is 22.6 Å². The van der Waals surface area contributed by atoms with Crippen LogP contribution in [0.3, 0.4) is 0 Å². The maximum absolute atomic E-state index is 11.2. The summed E-state index contributed by atoms with van der Waals surface area (Å²) in [5, 5.41) is 1.87. The molecule has 0 bridgehead atoms. The van der Waals surface area contributed by atoms with E-state index in [2.05, 4.69) is 4.98 Å². The van der Waals surface area contributed by atoms with E-state index in [1.54, 1.807) is 22.7 Å². The highest BCUT2D eigenvalue weighted by Gasteiger charge is 2.14. The summed E-state index contributed by atoms with van der Waals surface area (Å²) in [7, 11) is 0. The SMILES string of the molecule is CCOc1cccc(Oc2nc3sccn3c2C=O)c1. The van der Waals surface area contributed by atoms with E-state index >= 15 is 0 Å². The first-order valence-corrected chi connectivity index (χ1v) is 7.01. The molecule has 0 radical (unpaired) electrons. The number of ether oxygens (including phenoxy) is 2. The molecule has 0 aliphatic rings. The molecule has 1 aromatic carbocycles. The van der Waals surface area contributed by atoms with E-state index in [0.29, 0.717) is 23.9 Å². The van der Waals surface area contributed by atoms with Crippen molar-refractivity contribution in [3.63, 3.8) is 0 Å². The molecule has 0 unspecified atom stereocenters. The van der Waals surface area contributed by atoms with Crippen molar-refractivity contribution < 1.29 is 14.3 Å². The van der Waals surface area contributed by atoms with Gasteiger partial charge in [0.05, 0.1) is 6.61 Å². The topological polar surface area (TPSA) is 52.8 Å². The van der Waals surface area contributed by atoms with Crippen LogP contribution in [0.4, 0.5) is 0 Å². The molecule has 6 heteroatoms. The first-order valence-electron chi connectivity index (χ1n) is 6.13. The van der Waals surface area contributed by atoms with Crippen molar-refractivity contribution in [2.45, 2.75) is 6.92 Å². The fourth-order valence-corrected chi connectivity index (χ4v) is 2.58. The molecule has 2 heterocycles. The summed E-state index contributed by atoms with van der Waals surface area (Å²) in [6.45, 7) is 2.50. The Morgan fingerprint density at radius 2 is 2.25 bits per heavy atom. The lowest BCUT2D eigenvalue weighted by Gasteiger charge is -2.06. The summed E-state index contributed by atoms with van der Waals surface area (Å²) in [5.74, 6) is 1.61. The van der Waals surface area contributed by atoms with Gasteiger partial charge in [-0.3, -0.25) is 9.20 Å². The van der Waals surface area contributed by atoms with Crippen molar-refractivity contribution in [3.8, 4) is 17.4 Å². The fraction of sp³-hybridized carbons (Fsp3) is 0.143. The third-order valence-corrected chi connectivity index (χ3v) is 3.46. The molecule has 0 fully saturated rings. The zero-order chi connectivity index (χ0) is 13.9. The van der Waals surface area contributed by atoms with Gasteiger partial charge in [-0.15, -0.1) is 11.3 Å². The highest BCUT2D eigenvalue weighted by molar-refractivity contribution is 7.15. The van der Waals surface area contributed by atoms with E-state index in [1.807, 2.05) is 24.4 Å². The smallest absolute Gasteiger partial charge is 0.250 e. The molecule has 2 aromatic heterocycles. The van der Waals surface area contributed by atoms with Gasteiger partial charge in [-0.05, 0) is 19.1 Å². The van der Waals surface area contributed by atoms with Crippen molar-refractivity contribution in [2.24, 2.45) is 0 Å². The van der Waals surface area contributed by atoms with E-state index in [0.717, 1.165) is 17.0 Å². The molecule has 0 spiro atoms. The predicted molar refractivity (Wildman–Crippen MR) is 76.1 cm³/mol. The van der Waals surface area contributed by atoms with Crippen molar-refractivity contribution in [1.29, 1.82) is 0 Å². The van der Waals surface area contributed by atoms with Crippen LogP contribution in [-0.4, -0.2) is 22.3 Å². The van der Waals surface area contributed by atoms with Crippen LogP contribution in [0.25, 0.3) is 4.96 Å². The first-order chi connectivity index (χ1) is 9.81. The minimum atomic E-state index is 0.306. The lowest BCUT2D eigenvalue weighted by Crippen LogP contribution is -1.94. The average molecular weight is 288 g/mol. The number of carbonyl (C=O) groups excluding carboxylic acids is 1. The zero-order valence-corrected chi connectivity index (χ0v) is 11.6.